The van der Waals surface area contributed by atoms with Crippen LogP contribution in [0, 0.1) is 0 Å². The Bertz CT molecular complexity index is 657. The summed E-state index contributed by atoms with van der Waals surface area (Å²) in [5.41, 5.74) is 3.51. The summed E-state index contributed by atoms with van der Waals surface area (Å²) in [6.07, 6.45) is 0. The summed E-state index contributed by atoms with van der Waals surface area (Å²) in [5, 5.41) is 2.58. The lowest BCUT2D eigenvalue weighted by atomic mass is 9.80. The zero-order valence-electron chi connectivity index (χ0n) is 10.2. The molecular formula is C15H13Br2N. The van der Waals surface area contributed by atoms with E-state index in [0.29, 0.717) is 0 Å². The third-order valence-electron chi connectivity index (χ3n) is 3.62. The molecular weight excluding hydrogens is 354 g/mol. The summed E-state index contributed by atoms with van der Waals surface area (Å²) < 4.78 is 0.117. The van der Waals surface area contributed by atoms with E-state index in [1.165, 1.54) is 16.3 Å². The van der Waals surface area contributed by atoms with Gasteiger partial charge in [0.1, 0.15) is 3.74 Å². The number of alkyl halides is 2. The highest BCUT2D eigenvalue weighted by atomic mass is 79.9. The van der Waals surface area contributed by atoms with E-state index >= 15 is 0 Å². The predicted molar refractivity (Wildman–Crippen MR) is 85.7 cm³/mol. The Morgan fingerprint density at radius 1 is 1.06 bits per heavy atom. The number of hydrogen-bond donors (Lipinski definition) is 0. The van der Waals surface area contributed by atoms with Crippen LogP contribution in [0.3, 0.4) is 0 Å². The maximum Gasteiger partial charge on any atom is 0.109 e. The number of aliphatic imine (C=N–C) groups is 1. The monoisotopic (exact) mass is 365 g/mol. The van der Waals surface area contributed by atoms with Crippen LogP contribution in [-0.4, -0.2) is 9.45 Å². The molecule has 0 fully saturated rings. The van der Waals surface area contributed by atoms with Crippen molar-refractivity contribution in [2.75, 3.05) is 0 Å². The van der Waals surface area contributed by atoms with Gasteiger partial charge in [0, 0.05) is 5.41 Å². The Morgan fingerprint density at radius 3 is 2.50 bits per heavy atom. The van der Waals surface area contributed by atoms with E-state index in [9.17, 15) is 0 Å². The molecule has 3 heteroatoms. The van der Waals surface area contributed by atoms with Crippen molar-refractivity contribution in [1.29, 1.82) is 0 Å². The van der Waals surface area contributed by atoms with Crippen molar-refractivity contribution >= 4 is 54.0 Å². The molecule has 92 valence electrons. The second-order valence-electron chi connectivity index (χ2n) is 5.10. The topological polar surface area (TPSA) is 12.4 Å². The van der Waals surface area contributed by atoms with Crippen molar-refractivity contribution in [2.45, 2.75) is 23.0 Å². The van der Waals surface area contributed by atoms with E-state index in [4.69, 9.17) is 4.99 Å². The largest absolute Gasteiger partial charge is 0.254 e. The fraction of sp³-hybridized carbons (Fsp3) is 0.267. The third-order valence-corrected chi connectivity index (χ3v) is 4.49. The van der Waals surface area contributed by atoms with Crippen LogP contribution in [0.15, 0.2) is 41.4 Å². The van der Waals surface area contributed by atoms with Gasteiger partial charge < -0.3 is 0 Å². The van der Waals surface area contributed by atoms with E-state index in [-0.39, 0.29) is 9.15 Å². The van der Waals surface area contributed by atoms with Crippen LogP contribution in [0.1, 0.15) is 19.4 Å². The molecule has 1 nitrogen and oxygen atoms in total. The standard InChI is InChI=1S/C15H13Br2N/c1-15(2)12-10-6-4-3-5-9(10)7-8-11(12)18-13(15)14(16)17/h3-8,14H,1-2H3. The minimum atomic E-state index is -0.0478. The maximum atomic E-state index is 4.78. The Balaban J connectivity index is 2.33. The first-order valence-corrected chi connectivity index (χ1v) is 7.74. The summed E-state index contributed by atoms with van der Waals surface area (Å²) in [6.45, 7) is 4.47. The minimum Gasteiger partial charge on any atom is -0.254 e. The maximum absolute atomic E-state index is 4.78. The van der Waals surface area contributed by atoms with Gasteiger partial charge >= 0.3 is 0 Å². The molecule has 0 atom stereocenters. The van der Waals surface area contributed by atoms with Crippen LogP contribution in [0.5, 0.6) is 0 Å². The third kappa shape index (κ3) is 1.68. The van der Waals surface area contributed by atoms with Gasteiger partial charge in [0.15, 0.2) is 0 Å². The molecule has 0 N–H and O–H groups in total. The van der Waals surface area contributed by atoms with Gasteiger partial charge in [0.05, 0.1) is 11.4 Å². The summed E-state index contributed by atoms with van der Waals surface area (Å²) in [7, 11) is 0. The van der Waals surface area contributed by atoms with E-state index in [1.54, 1.807) is 0 Å². The Morgan fingerprint density at radius 2 is 1.78 bits per heavy atom. The second kappa shape index (κ2) is 4.17. The first-order valence-electron chi connectivity index (χ1n) is 5.91. The van der Waals surface area contributed by atoms with Crippen LogP contribution in [0.25, 0.3) is 10.8 Å². The molecule has 1 aliphatic heterocycles. The Hall–Kier alpha value is -0.670. The molecule has 0 saturated heterocycles. The minimum absolute atomic E-state index is 0.0478. The molecule has 0 saturated carbocycles. The number of benzene rings is 2. The molecule has 3 rings (SSSR count). The number of hydrogen-bond acceptors (Lipinski definition) is 1. The van der Waals surface area contributed by atoms with Crippen LogP contribution in [0.4, 0.5) is 5.69 Å². The van der Waals surface area contributed by atoms with Gasteiger partial charge in [0.2, 0.25) is 0 Å². The number of fused-ring (bicyclic) bond motifs is 3. The van der Waals surface area contributed by atoms with Gasteiger partial charge in [-0.05, 0) is 22.4 Å². The molecule has 0 radical (unpaired) electrons. The average Bonchev–Trinajstić information content (AvgIpc) is 2.61. The van der Waals surface area contributed by atoms with Crippen LogP contribution < -0.4 is 0 Å². The Labute approximate surface area is 124 Å². The van der Waals surface area contributed by atoms with E-state index in [1.807, 2.05) is 0 Å². The van der Waals surface area contributed by atoms with Crippen molar-refractivity contribution < 1.29 is 0 Å². The highest BCUT2D eigenvalue weighted by molar-refractivity contribution is 9.25. The van der Waals surface area contributed by atoms with Crippen molar-refractivity contribution in [3.8, 4) is 0 Å². The van der Waals surface area contributed by atoms with Crippen molar-refractivity contribution in [1.82, 2.24) is 0 Å². The second-order valence-corrected chi connectivity index (χ2v) is 8.16. The highest BCUT2D eigenvalue weighted by Gasteiger charge is 2.38. The summed E-state index contributed by atoms with van der Waals surface area (Å²) >= 11 is 7.17. The molecule has 0 aliphatic carbocycles. The van der Waals surface area contributed by atoms with Crippen molar-refractivity contribution in [2.24, 2.45) is 4.99 Å². The van der Waals surface area contributed by atoms with E-state index in [0.717, 1.165) is 11.4 Å². The van der Waals surface area contributed by atoms with E-state index in [2.05, 4.69) is 82.1 Å². The molecule has 0 aromatic heterocycles. The molecule has 0 spiro atoms. The normalized spacial score (nSPS) is 17.1. The number of nitrogens with zero attached hydrogens (tertiary/aromatic N) is 1. The lowest BCUT2D eigenvalue weighted by molar-refractivity contribution is 0.740. The first kappa shape index (κ1) is 12.4. The van der Waals surface area contributed by atoms with Gasteiger partial charge in [-0.25, -0.2) is 0 Å². The van der Waals surface area contributed by atoms with Gasteiger partial charge in [-0.1, -0.05) is 76.0 Å². The zero-order chi connectivity index (χ0) is 12.9. The van der Waals surface area contributed by atoms with Crippen LogP contribution >= 0.6 is 31.9 Å². The molecule has 0 unspecified atom stereocenters. The fourth-order valence-electron chi connectivity index (χ4n) is 2.73. The molecule has 2 aromatic carbocycles. The molecule has 1 aliphatic rings. The van der Waals surface area contributed by atoms with Gasteiger partial charge in [0.25, 0.3) is 0 Å². The smallest absolute Gasteiger partial charge is 0.109 e. The molecule has 0 bridgehead atoms. The molecule has 0 amide bonds. The fourth-order valence-corrected chi connectivity index (χ4v) is 4.08. The van der Waals surface area contributed by atoms with Gasteiger partial charge in [-0.3, -0.25) is 4.99 Å². The first-order chi connectivity index (χ1) is 8.51. The predicted octanol–water partition coefficient (Wildman–Crippen LogP) is 5.32. The summed E-state index contributed by atoms with van der Waals surface area (Å²) in [5.74, 6) is 0. The SMILES string of the molecule is CC1(C)C(C(Br)Br)=Nc2ccc3ccccc3c21. The highest BCUT2D eigenvalue weighted by Crippen LogP contribution is 2.46. The van der Waals surface area contributed by atoms with Gasteiger partial charge in [-0.15, -0.1) is 0 Å². The average molecular weight is 367 g/mol. The number of rotatable bonds is 1. The van der Waals surface area contributed by atoms with Crippen molar-refractivity contribution in [3.05, 3.63) is 42.0 Å². The molecule has 18 heavy (non-hydrogen) atoms. The van der Waals surface area contributed by atoms with Crippen molar-refractivity contribution in [3.63, 3.8) is 0 Å². The van der Waals surface area contributed by atoms with Crippen LogP contribution in [-0.2, 0) is 5.41 Å². The Kier molecular flexibility index (Phi) is 2.87. The summed E-state index contributed by atoms with van der Waals surface area (Å²) in [4.78, 5) is 4.78. The molecule has 2 aromatic rings. The lowest BCUT2D eigenvalue weighted by Gasteiger charge is -2.24. The molecule has 1 heterocycles. The number of halogens is 2. The van der Waals surface area contributed by atoms with E-state index < -0.39 is 0 Å². The zero-order valence-corrected chi connectivity index (χ0v) is 13.4. The van der Waals surface area contributed by atoms with Crippen LogP contribution in [0.2, 0.25) is 0 Å². The summed E-state index contributed by atoms with van der Waals surface area (Å²) in [6, 6.07) is 12.8. The van der Waals surface area contributed by atoms with Gasteiger partial charge in [-0.2, -0.15) is 0 Å². The quantitative estimate of drug-likeness (QED) is 0.605. The lowest BCUT2D eigenvalue weighted by Crippen LogP contribution is -2.29.